The van der Waals surface area contributed by atoms with Gasteiger partial charge in [0.1, 0.15) is 12.4 Å². The van der Waals surface area contributed by atoms with Crippen molar-refractivity contribution in [1.29, 1.82) is 0 Å². The van der Waals surface area contributed by atoms with Gasteiger partial charge in [-0.15, -0.1) is 0 Å². The Labute approximate surface area is 200 Å². The number of hydrogen-bond donors (Lipinski definition) is 0. The molecule has 0 fully saturated rings. The Balaban J connectivity index is 1.67. The Morgan fingerprint density at radius 3 is 2.09 bits per heavy atom. The van der Waals surface area contributed by atoms with E-state index < -0.39 is 0 Å². The highest BCUT2D eigenvalue weighted by Gasteiger charge is 2.12. The summed E-state index contributed by atoms with van der Waals surface area (Å²) in [6.45, 7) is 0.659. The smallest absolute Gasteiger partial charge is 0.305 e. The van der Waals surface area contributed by atoms with Gasteiger partial charge in [0.2, 0.25) is 0 Å². The fourth-order valence-electron chi connectivity index (χ4n) is 4.64. The van der Waals surface area contributed by atoms with E-state index in [9.17, 15) is 4.79 Å². The first-order valence-corrected chi connectivity index (χ1v) is 12.8. The second-order valence-corrected chi connectivity index (χ2v) is 9.14. The third kappa shape index (κ3) is 9.07. The lowest BCUT2D eigenvalue weighted by molar-refractivity contribution is -0.140. The number of carbonyl (C=O) groups excluding carboxylic acids is 1. The number of allylic oxidation sites excluding steroid dienone is 1. The van der Waals surface area contributed by atoms with Crippen molar-refractivity contribution < 1.29 is 14.3 Å². The topological polar surface area (TPSA) is 35.5 Å². The van der Waals surface area contributed by atoms with E-state index in [1.165, 1.54) is 80.7 Å². The molecule has 33 heavy (non-hydrogen) atoms. The van der Waals surface area contributed by atoms with Crippen LogP contribution in [0.15, 0.2) is 60.2 Å². The van der Waals surface area contributed by atoms with Crippen LogP contribution < -0.4 is 4.74 Å². The van der Waals surface area contributed by atoms with Crippen LogP contribution in [0, 0.1) is 0 Å². The highest BCUT2D eigenvalue weighted by atomic mass is 16.5. The summed E-state index contributed by atoms with van der Waals surface area (Å²) in [7, 11) is 1.44. The molecule has 0 atom stereocenters. The molecule has 0 saturated carbocycles. The summed E-state index contributed by atoms with van der Waals surface area (Å²) in [6.07, 6.45) is 15.0. The maximum absolute atomic E-state index is 11.3. The third-order valence-corrected chi connectivity index (χ3v) is 6.61. The molecule has 0 amide bonds. The van der Waals surface area contributed by atoms with Crippen molar-refractivity contribution in [2.75, 3.05) is 13.7 Å². The van der Waals surface area contributed by atoms with Crippen LogP contribution in [0.25, 0.3) is 5.57 Å². The number of ether oxygens (including phenoxy) is 2. The summed E-state index contributed by atoms with van der Waals surface area (Å²) in [4.78, 5) is 11.3. The minimum atomic E-state index is -0.144. The van der Waals surface area contributed by atoms with E-state index in [1.807, 2.05) is 0 Å². The molecule has 0 aromatic heterocycles. The molecule has 0 spiro atoms. The SMILES string of the molecule is COC(=O)CCCc1ccc(OC/C2=C(/c3ccccc3)CCCCCCCCCC2)cc1. The van der Waals surface area contributed by atoms with Crippen molar-refractivity contribution in [3.8, 4) is 5.75 Å². The molecule has 2 aromatic carbocycles. The molecule has 0 N–H and O–H groups in total. The van der Waals surface area contributed by atoms with Gasteiger partial charge in [-0.05, 0) is 72.9 Å². The zero-order valence-electron chi connectivity index (χ0n) is 20.3. The number of methoxy groups -OCH3 is 1. The van der Waals surface area contributed by atoms with E-state index in [4.69, 9.17) is 9.47 Å². The van der Waals surface area contributed by atoms with Crippen molar-refractivity contribution in [3.63, 3.8) is 0 Å². The lowest BCUT2D eigenvalue weighted by atomic mass is 9.91. The van der Waals surface area contributed by atoms with Gasteiger partial charge in [0.25, 0.3) is 0 Å². The van der Waals surface area contributed by atoms with Crippen molar-refractivity contribution in [3.05, 3.63) is 71.3 Å². The Morgan fingerprint density at radius 1 is 0.788 bits per heavy atom. The van der Waals surface area contributed by atoms with Gasteiger partial charge in [-0.25, -0.2) is 0 Å². The lowest BCUT2D eigenvalue weighted by Crippen LogP contribution is -2.06. The van der Waals surface area contributed by atoms with Crippen molar-refractivity contribution in [2.45, 2.75) is 83.5 Å². The van der Waals surface area contributed by atoms with E-state index >= 15 is 0 Å². The summed E-state index contributed by atoms with van der Waals surface area (Å²) in [5.74, 6) is 0.771. The van der Waals surface area contributed by atoms with Crippen LogP contribution in [-0.2, 0) is 16.0 Å². The molecule has 0 unspecified atom stereocenters. The number of benzene rings is 2. The van der Waals surface area contributed by atoms with Crippen LogP contribution in [0.2, 0.25) is 0 Å². The molecule has 0 saturated heterocycles. The summed E-state index contributed by atoms with van der Waals surface area (Å²) in [6, 6.07) is 19.3. The van der Waals surface area contributed by atoms with Crippen LogP contribution in [-0.4, -0.2) is 19.7 Å². The maximum Gasteiger partial charge on any atom is 0.305 e. The quantitative estimate of drug-likeness (QED) is 0.385. The molecule has 0 heterocycles. The molecule has 1 aliphatic rings. The Morgan fingerprint density at radius 2 is 1.42 bits per heavy atom. The van der Waals surface area contributed by atoms with Gasteiger partial charge in [-0.1, -0.05) is 81.0 Å². The van der Waals surface area contributed by atoms with Gasteiger partial charge in [-0.2, -0.15) is 0 Å². The minimum Gasteiger partial charge on any atom is -0.489 e. The van der Waals surface area contributed by atoms with Crippen LogP contribution in [0.1, 0.15) is 88.2 Å². The molecule has 3 heteroatoms. The Kier molecular flexibility index (Phi) is 11.1. The number of esters is 1. The second-order valence-electron chi connectivity index (χ2n) is 9.14. The third-order valence-electron chi connectivity index (χ3n) is 6.61. The first kappa shape index (κ1) is 25.1. The summed E-state index contributed by atoms with van der Waals surface area (Å²) in [5.41, 5.74) is 5.54. The van der Waals surface area contributed by atoms with Crippen LogP contribution >= 0.6 is 0 Å². The Bertz CT molecular complexity index is 852. The predicted molar refractivity (Wildman–Crippen MR) is 136 cm³/mol. The summed E-state index contributed by atoms with van der Waals surface area (Å²) >= 11 is 0. The van der Waals surface area contributed by atoms with Crippen LogP contribution in [0.5, 0.6) is 5.75 Å². The first-order valence-electron chi connectivity index (χ1n) is 12.8. The van der Waals surface area contributed by atoms with Gasteiger partial charge >= 0.3 is 5.97 Å². The zero-order chi connectivity index (χ0) is 23.1. The molecule has 178 valence electrons. The molecule has 3 nitrogen and oxygen atoms in total. The number of aryl methyl sites for hydroxylation is 1. The molecule has 0 radical (unpaired) electrons. The number of rotatable bonds is 8. The highest BCUT2D eigenvalue weighted by molar-refractivity contribution is 5.69. The average Bonchev–Trinajstić information content (AvgIpc) is 2.85. The van der Waals surface area contributed by atoms with Crippen molar-refractivity contribution in [2.24, 2.45) is 0 Å². The number of hydrogen-bond acceptors (Lipinski definition) is 3. The van der Waals surface area contributed by atoms with Crippen molar-refractivity contribution in [1.82, 2.24) is 0 Å². The van der Waals surface area contributed by atoms with Gasteiger partial charge in [0, 0.05) is 6.42 Å². The largest absolute Gasteiger partial charge is 0.489 e. The highest BCUT2D eigenvalue weighted by Crippen LogP contribution is 2.30. The molecule has 2 aromatic rings. The van der Waals surface area contributed by atoms with Crippen molar-refractivity contribution >= 4 is 11.5 Å². The lowest BCUT2D eigenvalue weighted by Gasteiger charge is -2.18. The van der Waals surface area contributed by atoms with Gasteiger partial charge < -0.3 is 9.47 Å². The van der Waals surface area contributed by atoms with E-state index in [2.05, 4.69) is 54.6 Å². The monoisotopic (exact) mass is 448 g/mol. The molecular weight excluding hydrogens is 408 g/mol. The zero-order valence-corrected chi connectivity index (χ0v) is 20.3. The number of carbonyl (C=O) groups is 1. The van der Waals surface area contributed by atoms with E-state index in [-0.39, 0.29) is 5.97 Å². The summed E-state index contributed by atoms with van der Waals surface area (Å²) < 4.78 is 11.0. The molecule has 0 aliphatic heterocycles. The van der Waals surface area contributed by atoms with E-state index in [1.54, 1.807) is 0 Å². The molecule has 0 bridgehead atoms. The van der Waals surface area contributed by atoms with E-state index in [0.29, 0.717) is 13.0 Å². The minimum absolute atomic E-state index is 0.144. The molecular formula is C30H40O3. The van der Waals surface area contributed by atoms with Crippen LogP contribution in [0.3, 0.4) is 0 Å². The average molecular weight is 449 g/mol. The van der Waals surface area contributed by atoms with Crippen LogP contribution in [0.4, 0.5) is 0 Å². The Hall–Kier alpha value is -2.55. The van der Waals surface area contributed by atoms with Gasteiger partial charge in [0.15, 0.2) is 0 Å². The maximum atomic E-state index is 11.3. The predicted octanol–water partition coefficient (Wildman–Crippen LogP) is 7.93. The summed E-state index contributed by atoms with van der Waals surface area (Å²) in [5, 5.41) is 0. The van der Waals surface area contributed by atoms with Gasteiger partial charge in [0.05, 0.1) is 7.11 Å². The molecule has 1 aliphatic carbocycles. The van der Waals surface area contributed by atoms with Gasteiger partial charge in [-0.3, -0.25) is 4.79 Å². The van der Waals surface area contributed by atoms with E-state index in [0.717, 1.165) is 31.4 Å². The second kappa shape index (κ2) is 14.6. The fourth-order valence-corrected chi connectivity index (χ4v) is 4.64. The first-order chi connectivity index (χ1) is 16.3. The normalized spacial score (nSPS) is 18.1. The standard InChI is InChI=1S/C30H40O3/c1-32-30(31)19-13-14-25-20-22-28(23-21-25)33-24-27-17-9-6-4-2-3-5-7-12-18-29(27)26-15-10-8-11-16-26/h8,10-11,15-16,20-23H,2-7,9,12-14,17-19,24H2,1H3/b29-27+. The fraction of sp³-hybridized carbons (Fsp3) is 0.500. The molecule has 3 rings (SSSR count).